The number of likely N-dealkylation sites (tertiary alicyclic amines) is 1. The Balaban J connectivity index is 2.28. The molecular weight excluding hydrogens is 288 g/mol. The summed E-state index contributed by atoms with van der Waals surface area (Å²) in [5, 5.41) is 4.04. The lowest BCUT2D eigenvalue weighted by Crippen LogP contribution is -2.39. The van der Waals surface area contributed by atoms with E-state index in [9.17, 15) is 0 Å². The molecule has 1 heterocycles. The van der Waals surface area contributed by atoms with Crippen molar-refractivity contribution in [3.05, 3.63) is 29.3 Å². The van der Waals surface area contributed by atoms with Crippen LogP contribution in [0.3, 0.4) is 0 Å². The lowest BCUT2D eigenvalue weighted by atomic mass is 10.1. The molecule has 5 heteroatoms. The van der Waals surface area contributed by atoms with Gasteiger partial charge in [0.2, 0.25) is 0 Å². The monoisotopic (exact) mass is 310 g/mol. The maximum Gasteiger partial charge on any atom is 0.150 e. The van der Waals surface area contributed by atoms with E-state index in [1.165, 1.54) is 6.42 Å². The average molecular weight is 311 g/mol. The van der Waals surface area contributed by atoms with E-state index in [-0.39, 0.29) is 0 Å². The lowest BCUT2D eigenvalue weighted by molar-refractivity contribution is 0.249. The highest BCUT2D eigenvalue weighted by atomic mass is 35.5. The minimum atomic E-state index is 0.302. The van der Waals surface area contributed by atoms with E-state index in [0.717, 1.165) is 30.8 Å². The lowest BCUT2D eigenvalue weighted by Gasteiger charge is -2.27. The highest BCUT2D eigenvalue weighted by Gasteiger charge is 2.25. The van der Waals surface area contributed by atoms with Gasteiger partial charge in [-0.25, -0.2) is 0 Å². The fourth-order valence-corrected chi connectivity index (χ4v) is 3.07. The predicted octanol–water partition coefficient (Wildman–Crippen LogP) is 3.36. The van der Waals surface area contributed by atoms with E-state index < -0.39 is 0 Å². The minimum Gasteiger partial charge on any atom is -0.496 e. The highest BCUT2D eigenvalue weighted by molar-refractivity contribution is 6.32. The first-order valence-electron chi connectivity index (χ1n) is 7.22. The Bertz CT molecular complexity index is 519. The van der Waals surface area contributed by atoms with Gasteiger partial charge in [0, 0.05) is 12.2 Å². The molecule has 116 valence electrons. The van der Waals surface area contributed by atoms with Gasteiger partial charge in [0.05, 0.1) is 31.0 Å². The molecule has 4 nitrogen and oxygen atoms in total. The molecule has 0 saturated carbocycles. The van der Waals surface area contributed by atoms with Gasteiger partial charge < -0.3 is 14.8 Å². The summed E-state index contributed by atoms with van der Waals surface area (Å²) in [4.78, 5) is 2.40. The summed E-state index contributed by atoms with van der Waals surface area (Å²) in [5.41, 5.74) is 1.56. The summed E-state index contributed by atoms with van der Waals surface area (Å²) < 4.78 is 10.9. The zero-order valence-electron chi connectivity index (χ0n) is 12.9. The van der Waals surface area contributed by atoms with E-state index in [1.807, 2.05) is 6.07 Å². The molecule has 0 spiro atoms. The number of nitrogens with one attached hydrogen (secondary N) is 1. The largest absolute Gasteiger partial charge is 0.496 e. The second-order valence-corrected chi connectivity index (χ2v) is 5.47. The second-order valence-electron chi connectivity index (χ2n) is 5.07. The molecule has 0 aromatic heterocycles. The Hall–Kier alpha value is -1.39. The molecule has 2 rings (SSSR count). The summed E-state index contributed by atoms with van der Waals surface area (Å²) in [5.74, 6) is 1.30. The molecule has 1 aliphatic rings. The number of hydrogen-bond donors (Lipinski definition) is 1. The normalized spacial score (nSPS) is 18.6. The molecule has 1 unspecified atom stereocenters. The Morgan fingerprint density at radius 2 is 2.19 bits per heavy atom. The molecule has 1 aromatic rings. The molecule has 0 bridgehead atoms. The molecule has 1 saturated heterocycles. The quantitative estimate of drug-likeness (QED) is 0.873. The fraction of sp³-hybridized carbons (Fsp3) is 0.500. The molecule has 21 heavy (non-hydrogen) atoms. The number of rotatable bonds is 6. The Morgan fingerprint density at radius 3 is 2.81 bits per heavy atom. The summed E-state index contributed by atoms with van der Waals surface area (Å²) in [6.07, 6.45) is 2.61. The third-order valence-corrected chi connectivity index (χ3v) is 4.21. The molecule has 1 N–H and O–H groups in total. The van der Waals surface area contributed by atoms with Crippen LogP contribution >= 0.6 is 11.6 Å². The first kappa shape index (κ1) is 16.0. The van der Waals surface area contributed by atoms with E-state index in [1.54, 1.807) is 20.3 Å². The van der Waals surface area contributed by atoms with Crippen molar-refractivity contribution >= 4 is 17.3 Å². The first-order chi connectivity index (χ1) is 10.1. The van der Waals surface area contributed by atoms with Crippen LogP contribution in [0.4, 0.5) is 0 Å². The van der Waals surface area contributed by atoms with Gasteiger partial charge in [-0.15, -0.1) is 0 Å². The van der Waals surface area contributed by atoms with E-state index in [4.69, 9.17) is 21.1 Å². The van der Waals surface area contributed by atoms with Crippen LogP contribution in [-0.2, 0) is 0 Å². The Kier molecular flexibility index (Phi) is 5.37. The van der Waals surface area contributed by atoms with Gasteiger partial charge in [-0.3, -0.25) is 4.90 Å². The van der Waals surface area contributed by atoms with Crippen molar-refractivity contribution in [2.75, 3.05) is 27.3 Å². The van der Waals surface area contributed by atoms with Crippen molar-refractivity contribution in [2.24, 2.45) is 0 Å². The van der Waals surface area contributed by atoms with Crippen LogP contribution in [0, 0.1) is 0 Å². The third-order valence-electron chi connectivity index (χ3n) is 3.91. The van der Waals surface area contributed by atoms with Gasteiger partial charge in [0.25, 0.3) is 0 Å². The van der Waals surface area contributed by atoms with Crippen LogP contribution in [0.1, 0.15) is 25.3 Å². The number of hydrogen-bond acceptors (Lipinski definition) is 4. The number of ether oxygens (including phenoxy) is 2. The summed E-state index contributed by atoms with van der Waals surface area (Å²) in [6.45, 7) is 8.47. The second kappa shape index (κ2) is 7.05. The average Bonchev–Trinajstić information content (AvgIpc) is 2.93. The number of nitrogens with zero attached hydrogens (tertiary/aromatic N) is 1. The highest BCUT2D eigenvalue weighted by Crippen LogP contribution is 2.39. The van der Waals surface area contributed by atoms with Crippen LogP contribution in [0.2, 0.25) is 5.02 Å². The van der Waals surface area contributed by atoms with Crippen molar-refractivity contribution in [3.63, 3.8) is 0 Å². The molecule has 1 aromatic carbocycles. The summed E-state index contributed by atoms with van der Waals surface area (Å²) in [7, 11) is 3.23. The smallest absolute Gasteiger partial charge is 0.150 e. The molecule has 1 fully saturated rings. The van der Waals surface area contributed by atoms with Crippen LogP contribution in [0.15, 0.2) is 18.7 Å². The zero-order chi connectivity index (χ0) is 15.4. The van der Waals surface area contributed by atoms with E-state index >= 15 is 0 Å². The minimum absolute atomic E-state index is 0.302. The zero-order valence-corrected chi connectivity index (χ0v) is 13.7. The standard InChI is InChI=1S/C16H23ClN2O2/c1-5-19-10-6-7-14(19)18-11(2)15-13(20-3)9-8-12(17)16(15)21-4/h8-9,14,18H,2,5-7,10H2,1,3-4H3. The molecule has 0 radical (unpaired) electrons. The van der Waals surface area contributed by atoms with Crippen molar-refractivity contribution in [2.45, 2.75) is 25.9 Å². The first-order valence-corrected chi connectivity index (χ1v) is 7.60. The van der Waals surface area contributed by atoms with Crippen LogP contribution in [0.25, 0.3) is 5.70 Å². The number of benzene rings is 1. The van der Waals surface area contributed by atoms with Crippen LogP contribution in [0.5, 0.6) is 11.5 Å². The SMILES string of the molecule is C=C(NC1CCCN1CC)c1c(OC)ccc(Cl)c1OC. The fourth-order valence-electron chi connectivity index (χ4n) is 2.84. The van der Waals surface area contributed by atoms with Crippen LogP contribution < -0.4 is 14.8 Å². The van der Waals surface area contributed by atoms with Crippen LogP contribution in [-0.4, -0.2) is 38.4 Å². The Labute approximate surface area is 131 Å². The topological polar surface area (TPSA) is 33.7 Å². The van der Waals surface area contributed by atoms with Crippen molar-refractivity contribution < 1.29 is 9.47 Å². The van der Waals surface area contributed by atoms with E-state index in [2.05, 4.69) is 23.7 Å². The molecule has 1 aliphatic heterocycles. The van der Waals surface area contributed by atoms with Gasteiger partial charge in [0.1, 0.15) is 11.5 Å². The maximum absolute atomic E-state index is 6.22. The molecule has 0 aliphatic carbocycles. The van der Waals surface area contributed by atoms with Gasteiger partial charge in [-0.1, -0.05) is 25.1 Å². The van der Waals surface area contributed by atoms with E-state index in [0.29, 0.717) is 22.7 Å². The maximum atomic E-state index is 6.22. The van der Waals surface area contributed by atoms with Crippen molar-refractivity contribution in [3.8, 4) is 11.5 Å². The van der Waals surface area contributed by atoms with Crippen molar-refractivity contribution in [1.82, 2.24) is 10.2 Å². The number of methoxy groups -OCH3 is 2. The summed E-state index contributed by atoms with van der Waals surface area (Å²) >= 11 is 6.22. The van der Waals surface area contributed by atoms with Crippen molar-refractivity contribution in [1.29, 1.82) is 0 Å². The summed E-state index contributed by atoms with van der Waals surface area (Å²) in [6, 6.07) is 3.60. The predicted molar refractivity (Wildman–Crippen MR) is 87.0 cm³/mol. The third kappa shape index (κ3) is 3.27. The molecular formula is C16H23ClN2O2. The van der Waals surface area contributed by atoms with Gasteiger partial charge in [-0.2, -0.15) is 0 Å². The molecule has 1 atom stereocenters. The Morgan fingerprint density at radius 1 is 1.43 bits per heavy atom. The molecule has 0 amide bonds. The van der Waals surface area contributed by atoms with Gasteiger partial charge >= 0.3 is 0 Å². The van der Waals surface area contributed by atoms with Gasteiger partial charge in [-0.05, 0) is 31.5 Å². The van der Waals surface area contributed by atoms with Gasteiger partial charge in [0.15, 0.2) is 0 Å². The number of halogens is 1.